The molecule has 2 N–H and O–H groups in total. The van der Waals surface area contributed by atoms with Crippen LogP contribution in [0.15, 0.2) is 80.9 Å². The minimum Gasteiger partial charge on any atom is -0.423 e. The Labute approximate surface area is 183 Å². The highest BCUT2D eigenvalue weighted by Crippen LogP contribution is 2.28. The van der Waals surface area contributed by atoms with E-state index in [0.29, 0.717) is 11.2 Å². The van der Waals surface area contributed by atoms with E-state index in [9.17, 15) is 16.8 Å². The molecule has 0 amide bonds. The number of benzene rings is 3. The van der Waals surface area contributed by atoms with Gasteiger partial charge in [0.25, 0.3) is 16.0 Å². The van der Waals surface area contributed by atoms with Gasteiger partial charge in [0.2, 0.25) is 0 Å². The Morgan fingerprint density at radius 2 is 1.58 bits per heavy atom. The summed E-state index contributed by atoms with van der Waals surface area (Å²) in [6.45, 7) is 0. The van der Waals surface area contributed by atoms with Crippen LogP contribution in [-0.4, -0.2) is 28.1 Å². The van der Waals surface area contributed by atoms with Crippen LogP contribution in [0.3, 0.4) is 0 Å². The predicted octanol–water partition coefficient (Wildman–Crippen LogP) is 4.43. The molecule has 8 nitrogen and oxygen atoms in total. The SMILES string of the molecule is CS(=O)(=O)c1ccc(Nc2nc3ccc(S(=O)(=O)Nc4ccccc4Cl)cc3o2)cc1. The number of hydrogen-bond acceptors (Lipinski definition) is 7. The normalized spacial score (nSPS) is 12.1. The summed E-state index contributed by atoms with van der Waals surface area (Å²) in [7, 11) is -7.19. The van der Waals surface area contributed by atoms with Crippen LogP contribution in [0, 0.1) is 0 Å². The lowest BCUT2D eigenvalue weighted by Crippen LogP contribution is -2.13. The highest BCUT2D eigenvalue weighted by Gasteiger charge is 2.18. The van der Waals surface area contributed by atoms with Gasteiger partial charge in [-0.25, -0.2) is 16.8 Å². The van der Waals surface area contributed by atoms with Crippen molar-refractivity contribution < 1.29 is 21.3 Å². The number of sulfonamides is 1. The first kappa shape index (κ1) is 21.2. The predicted molar refractivity (Wildman–Crippen MR) is 119 cm³/mol. The van der Waals surface area contributed by atoms with Gasteiger partial charge in [0.1, 0.15) is 5.52 Å². The van der Waals surface area contributed by atoms with E-state index >= 15 is 0 Å². The van der Waals surface area contributed by atoms with E-state index in [4.69, 9.17) is 16.0 Å². The van der Waals surface area contributed by atoms with Gasteiger partial charge in [0.15, 0.2) is 15.4 Å². The first-order valence-electron chi connectivity index (χ1n) is 8.87. The summed E-state index contributed by atoms with van der Waals surface area (Å²) in [5.74, 6) is 0. The standard InChI is InChI=1S/C20H16ClN3O5S2/c1-30(25,26)14-8-6-13(7-9-14)22-20-23-18-11-10-15(12-19(18)29-20)31(27,28)24-17-5-3-2-4-16(17)21/h2-12,24H,1H3,(H,22,23). The van der Waals surface area contributed by atoms with Gasteiger partial charge in [0, 0.05) is 18.0 Å². The lowest BCUT2D eigenvalue weighted by atomic mass is 10.3. The lowest BCUT2D eigenvalue weighted by Gasteiger charge is -2.09. The average molecular weight is 478 g/mol. The Bertz CT molecular complexity index is 1480. The molecule has 0 aliphatic heterocycles. The van der Waals surface area contributed by atoms with Gasteiger partial charge in [-0.2, -0.15) is 4.98 Å². The minimum atomic E-state index is -3.90. The van der Waals surface area contributed by atoms with Crippen molar-refractivity contribution in [1.82, 2.24) is 4.98 Å². The highest BCUT2D eigenvalue weighted by molar-refractivity contribution is 7.92. The van der Waals surface area contributed by atoms with Gasteiger partial charge in [-0.15, -0.1) is 0 Å². The van der Waals surface area contributed by atoms with Crippen LogP contribution in [0.1, 0.15) is 0 Å². The maximum atomic E-state index is 12.7. The van der Waals surface area contributed by atoms with E-state index in [0.717, 1.165) is 6.26 Å². The molecule has 3 aromatic carbocycles. The van der Waals surface area contributed by atoms with Gasteiger partial charge >= 0.3 is 0 Å². The maximum Gasteiger partial charge on any atom is 0.300 e. The molecule has 1 heterocycles. The third-order valence-corrected chi connectivity index (χ3v) is 7.14. The smallest absolute Gasteiger partial charge is 0.300 e. The van der Waals surface area contributed by atoms with Gasteiger partial charge in [0.05, 0.1) is 20.5 Å². The molecule has 0 fully saturated rings. The van der Waals surface area contributed by atoms with Crippen molar-refractivity contribution in [1.29, 1.82) is 0 Å². The van der Waals surface area contributed by atoms with E-state index in [1.807, 2.05) is 0 Å². The Morgan fingerprint density at radius 1 is 0.903 bits per heavy atom. The molecule has 1 aromatic heterocycles. The topological polar surface area (TPSA) is 118 Å². The molecule has 0 saturated carbocycles. The van der Waals surface area contributed by atoms with Crippen molar-refractivity contribution in [3.05, 3.63) is 71.8 Å². The molecule has 0 radical (unpaired) electrons. The van der Waals surface area contributed by atoms with Crippen molar-refractivity contribution in [3.8, 4) is 0 Å². The fourth-order valence-electron chi connectivity index (χ4n) is 2.78. The van der Waals surface area contributed by atoms with Gasteiger partial charge in [-0.1, -0.05) is 23.7 Å². The summed E-state index contributed by atoms with van der Waals surface area (Å²) in [6.07, 6.45) is 1.13. The fourth-order valence-corrected chi connectivity index (χ4v) is 4.75. The summed E-state index contributed by atoms with van der Waals surface area (Å²) < 4.78 is 56.6. The van der Waals surface area contributed by atoms with Crippen molar-refractivity contribution in [2.75, 3.05) is 16.3 Å². The minimum absolute atomic E-state index is 0.0138. The second-order valence-electron chi connectivity index (χ2n) is 6.66. The van der Waals surface area contributed by atoms with Crippen LogP contribution in [0.25, 0.3) is 11.1 Å². The molecule has 0 saturated heterocycles. The molecular formula is C20H16ClN3O5S2. The van der Waals surface area contributed by atoms with Crippen molar-refractivity contribution in [2.45, 2.75) is 9.79 Å². The number of aromatic nitrogens is 1. The van der Waals surface area contributed by atoms with Crippen LogP contribution in [-0.2, 0) is 19.9 Å². The van der Waals surface area contributed by atoms with Crippen LogP contribution < -0.4 is 10.0 Å². The maximum absolute atomic E-state index is 12.7. The van der Waals surface area contributed by atoms with Crippen molar-refractivity contribution in [3.63, 3.8) is 0 Å². The van der Waals surface area contributed by atoms with Crippen molar-refractivity contribution >= 4 is 60.0 Å². The fraction of sp³-hybridized carbons (Fsp3) is 0.0500. The summed E-state index contributed by atoms with van der Waals surface area (Å²) in [5.41, 5.74) is 1.54. The second kappa shape index (κ2) is 7.88. The van der Waals surface area contributed by atoms with Gasteiger partial charge in [-0.3, -0.25) is 4.72 Å². The van der Waals surface area contributed by atoms with Gasteiger partial charge in [-0.05, 0) is 48.5 Å². The number of halogens is 1. The van der Waals surface area contributed by atoms with E-state index in [2.05, 4.69) is 15.0 Å². The van der Waals surface area contributed by atoms with Crippen LogP contribution in [0.2, 0.25) is 5.02 Å². The molecule has 0 unspecified atom stereocenters. The van der Waals surface area contributed by atoms with E-state index in [1.54, 1.807) is 36.4 Å². The molecule has 4 aromatic rings. The van der Waals surface area contributed by atoms with E-state index in [-0.39, 0.29) is 32.1 Å². The molecule has 0 atom stereocenters. The number of sulfone groups is 1. The molecule has 160 valence electrons. The number of hydrogen-bond donors (Lipinski definition) is 2. The molecule has 4 rings (SSSR count). The summed E-state index contributed by atoms with van der Waals surface area (Å²) in [4.78, 5) is 4.45. The Balaban J connectivity index is 1.59. The number of fused-ring (bicyclic) bond motifs is 1. The number of rotatable bonds is 6. The number of nitrogens with one attached hydrogen (secondary N) is 2. The summed E-state index contributed by atoms with van der Waals surface area (Å²) in [5, 5.41) is 3.20. The number of nitrogens with zero attached hydrogens (tertiary/aromatic N) is 1. The highest BCUT2D eigenvalue weighted by atomic mass is 35.5. The van der Waals surface area contributed by atoms with Crippen LogP contribution in [0.5, 0.6) is 0 Å². The molecule has 11 heteroatoms. The first-order valence-corrected chi connectivity index (χ1v) is 12.6. The molecule has 31 heavy (non-hydrogen) atoms. The Morgan fingerprint density at radius 3 is 2.26 bits per heavy atom. The van der Waals surface area contributed by atoms with Crippen LogP contribution in [0.4, 0.5) is 17.4 Å². The quantitative estimate of drug-likeness (QED) is 0.421. The molecular weight excluding hydrogens is 462 g/mol. The van der Waals surface area contributed by atoms with Gasteiger partial charge < -0.3 is 9.73 Å². The molecule has 0 aliphatic rings. The average Bonchev–Trinajstić information content (AvgIpc) is 3.11. The monoisotopic (exact) mass is 477 g/mol. The summed E-state index contributed by atoms with van der Waals surface area (Å²) >= 11 is 6.03. The Hall–Kier alpha value is -3.08. The first-order chi connectivity index (χ1) is 14.6. The molecule has 0 spiro atoms. The summed E-state index contributed by atoms with van der Waals surface area (Å²) in [6, 6.07) is 17.0. The third-order valence-electron chi connectivity index (χ3n) is 4.32. The molecule has 0 aliphatic carbocycles. The van der Waals surface area contributed by atoms with E-state index in [1.165, 1.54) is 30.3 Å². The zero-order valence-electron chi connectivity index (χ0n) is 16.0. The largest absolute Gasteiger partial charge is 0.423 e. The third kappa shape index (κ3) is 4.66. The van der Waals surface area contributed by atoms with E-state index < -0.39 is 19.9 Å². The Kier molecular flexibility index (Phi) is 5.38. The van der Waals surface area contributed by atoms with Crippen molar-refractivity contribution in [2.24, 2.45) is 0 Å². The molecule has 0 bridgehead atoms. The number of para-hydroxylation sites is 1. The number of anilines is 3. The lowest BCUT2D eigenvalue weighted by molar-refractivity contribution is 0.598. The second-order valence-corrected chi connectivity index (χ2v) is 10.8. The number of oxazole rings is 1. The zero-order chi connectivity index (χ0) is 22.2. The van der Waals surface area contributed by atoms with Crippen LogP contribution >= 0.6 is 11.6 Å². The zero-order valence-corrected chi connectivity index (χ0v) is 18.4.